The number of aromatic nitrogens is 1. The zero-order valence-corrected chi connectivity index (χ0v) is 21.0. The number of nitrogens with one attached hydrogen (secondary N) is 1. The molecule has 0 saturated carbocycles. The van der Waals surface area contributed by atoms with Gasteiger partial charge in [-0.05, 0) is 54.3 Å². The number of carbonyl (C=O) groups excluding carboxylic acids is 2. The Morgan fingerprint density at radius 2 is 1.62 bits per heavy atom. The second kappa shape index (κ2) is 12.8. The van der Waals surface area contributed by atoms with Gasteiger partial charge in [0.2, 0.25) is 5.91 Å². The van der Waals surface area contributed by atoms with Crippen molar-refractivity contribution in [1.82, 2.24) is 14.8 Å². The lowest BCUT2D eigenvalue weighted by Crippen LogP contribution is -2.44. The van der Waals surface area contributed by atoms with E-state index in [2.05, 4.69) is 11.1 Å². The van der Waals surface area contributed by atoms with Gasteiger partial charge in [0.15, 0.2) is 0 Å². The molecule has 0 spiro atoms. The van der Waals surface area contributed by atoms with Crippen LogP contribution in [-0.4, -0.2) is 59.9 Å². The van der Waals surface area contributed by atoms with Crippen LogP contribution in [0.1, 0.15) is 27.9 Å². The maximum atomic E-state index is 13.6. The predicted molar refractivity (Wildman–Crippen MR) is 143 cm³/mol. The van der Waals surface area contributed by atoms with Gasteiger partial charge < -0.3 is 19.5 Å². The van der Waals surface area contributed by atoms with E-state index in [1.165, 1.54) is 29.2 Å². The third-order valence-electron chi connectivity index (χ3n) is 6.38. The Bertz CT molecular complexity index is 1300. The number of methoxy groups -OCH3 is 1. The number of fused-ring (bicyclic) bond motifs is 1. The summed E-state index contributed by atoms with van der Waals surface area (Å²) in [5, 5.41) is 1.14. The smallest absolute Gasteiger partial charge is 0.254 e. The number of ether oxygens (including phenoxy) is 1. The number of hydrogen-bond acceptors (Lipinski definition) is 3. The number of hydrogen-bond donors (Lipinski definition) is 1. The third-order valence-corrected chi connectivity index (χ3v) is 6.38. The van der Waals surface area contributed by atoms with E-state index in [4.69, 9.17) is 4.74 Å². The molecule has 0 aliphatic heterocycles. The van der Waals surface area contributed by atoms with Crippen LogP contribution in [0.15, 0.2) is 85.1 Å². The van der Waals surface area contributed by atoms with Crippen molar-refractivity contribution < 1.29 is 18.7 Å². The van der Waals surface area contributed by atoms with Gasteiger partial charge in [-0.3, -0.25) is 9.59 Å². The highest BCUT2D eigenvalue weighted by Crippen LogP contribution is 2.19. The Kier molecular flexibility index (Phi) is 9.05. The molecule has 1 heterocycles. The molecule has 0 bridgehead atoms. The number of halogens is 1. The molecule has 0 saturated heterocycles. The standard InChI is InChI=1S/C30H32FN3O3/c1-37-19-7-17-34(30(36)24-12-14-26(31)15-13-24)22-29(35)33(21-23-8-3-2-4-9-23)18-16-25-20-32-28-11-6-5-10-27(25)28/h2-6,8-15,20,32H,7,16-19,21-22H2,1H3. The molecule has 0 fully saturated rings. The summed E-state index contributed by atoms with van der Waals surface area (Å²) in [7, 11) is 1.60. The Morgan fingerprint density at radius 1 is 0.892 bits per heavy atom. The minimum absolute atomic E-state index is 0.0688. The van der Waals surface area contributed by atoms with E-state index in [1.54, 1.807) is 12.0 Å². The summed E-state index contributed by atoms with van der Waals surface area (Å²) in [6.45, 7) is 1.71. The lowest BCUT2D eigenvalue weighted by Gasteiger charge is -2.28. The Morgan fingerprint density at radius 3 is 2.38 bits per heavy atom. The molecule has 3 aromatic carbocycles. The van der Waals surface area contributed by atoms with E-state index in [1.807, 2.05) is 54.7 Å². The summed E-state index contributed by atoms with van der Waals surface area (Å²) >= 11 is 0. The van der Waals surface area contributed by atoms with Crippen LogP contribution < -0.4 is 0 Å². The van der Waals surface area contributed by atoms with Crippen LogP contribution in [0.5, 0.6) is 0 Å². The maximum absolute atomic E-state index is 13.6. The second-order valence-corrected chi connectivity index (χ2v) is 8.99. The number of rotatable bonds is 12. The van der Waals surface area contributed by atoms with Crippen LogP contribution in [0.2, 0.25) is 0 Å². The van der Waals surface area contributed by atoms with E-state index in [0.29, 0.717) is 44.6 Å². The van der Waals surface area contributed by atoms with Gasteiger partial charge in [-0.25, -0.2) is 4.39 Å². The molecule has 7 heteroatoms. The third kappa shape index (κ3) is 7.05. The number of amides is 2. The van der Waals surface area contributed by atoms with Crippen molar-refractivity contribution in [2.45, 2.75) is 19.4 Å². The van der Waals surface area contributed by atoms with Gasteiger partial charge in [0, 0.05) is 56.0 Å². The fraction of sp³-hybridized carbons (Fsp3) is 0.267. The summed E-state index contributed by atoms with van der Waals surface area (Å²) < 4.78 is 18.6. The zero-order chi connectivity index (χ0) is 26.0. The number of carbonyl (C=O) groups is 2. The highest BCUT2D eigenvalue weighted by Gasteiger charge is 2.23. The minimum atomic E-state index is -0.412. The van der Waals surface area contributed by atoms with Gasteiger partial charge in [0.1, 0.15) is 12.4 Å². The van der Waals surface area contributed by atoms with Crippen LogP contribution in [0, 0.1) is 5.82 Å². The number of para-hydroxylation sites is 1. The van der Waals surface area contributed by atoms with Gasteiger partial charge in [-0.15, -0.1) is 0 Å². The second-order valence-electron chi connectivity index (χ2n) is 8.99. The quantitative estimate of drug-likeness (QED) is 0.276. The van der Waals surface area contributed by atoms with Crippen molar-refractivity contribution in [1.29, 1.82) is 0 Å². The molecule has 37 heavy (non-hydrogen) atoms. The van der Waals surface area contributed by atoms with Crippen molar-refractivity contribution in [3.8, 4) is 0 Å². The van der Waals surface area contributed by atoms with E-state index in [0.717, 1.165) is 22.0 Å². The fourth-order valence-electron chi connectivity index (χ4n) is 4.38. The molecule has 0 atom stereocenters. The molecule has 4 rings (SSSR count). The summed E-state index contributed by atoms with van der Waals surface area (Å²) in [4.78, 5) is 33.5. The van der Waals surface area contributed by atoms with Gasteiger partial charge in [0.25, 0.3) is 5.91 Å². The van der Waals surface area contributed by atoms with E-state index >= 15 is 0 Å². The van der Waals surface area contributed by atoms with E-state index in [-0.39, 0.29) is 18.4 Å². The fourth-order valence-corrected chi connectivity index (χ4v) is 4.38. The molecule has 2 amide bonds. The minimum Gasteiger partial charge on any atom is -0.385 e. The first-order chi connectivity index (χ1) is 18.0. The molecule has 0 aliphatic rings. The van der Waals surface area contributed by atoms with E-state index < -0.39 is 5.82 Å². The van der Waals surface area contributed by atoms with E-state index in [9.17, 15) is 14.0 Å². The summed E-state index contributed by atoms with van der Waals surface area (Å²) in [5.41, 5.74) is 3.57. The first kappa shape index (κ1) is 26.1. The maximum Gasteiger partial charge on any atom is 0.254 e. The van der Waals surface area contributed by atoms with Crippen LogP contribution in [0.4, 0.5) is 4.39 Å². The van der Waals surface area contributed by atoms with Gasteiger partial charge in [-0.1, -0.05) is 48.5 Å². The Hall–Kier alpha value is -3.97. The van der Waals surface area contributed by atoms with Gasteiger partial charge >= 0.3 is 0 Å². The predicted octanol–water partition coefficient (Wildman–Crippen LogP) is 5.06. The molecular formula is C30H32FN3O3. The first-order valence-electron chi connectivity index (χ1n) is 12.5. The normalized spacial score (nSPS) is 11.0. The highest BCUT2D eigenvalue weighted by atomic mass is 19.1. The molecule has 6 nitrogen and oxygen atoms in total. The average molecular weight is 502 g/mol. The molecule has 1 N–H and O–H groups in total. The van der Waals surface area contributed by atoms with Crippen LogP contribution >= 0.6 is 0 Å². The zero-order valence-electron chi connectivity index (χ0n) is 21.0. The molecule has 0 aliphatic carbocycles. The Balaban J connectivity index is 1.52. The van der Waals surface area contributed by atoms with Crippen molar-refractivity contribution in [3.05, 3.63) is 108 Å². The number of benzene rings is 3. The molecule has 0 radical (unpaired) electrons. The molecule has 1 aromatic heterocycles. The summed E-state index contributed by atoms with van der Waals surface area (Å²) in [5.74, 6) is -0.859. The topological polar surface area (TPSA) is 65.6 Å². The summed E-state index contributed by atoms with van der Waals surface area (Å²) in [6.07, 6.45) is 3.26. The molecule has 0 unspecified atom stereocenters. The molecule has 4 aromatic rings. The highest BCUT2D eigenvalue weighted by molar-refractivity contribution is 5.96. The molecule has 192 valence electrons. The van der Waals surface area contributed by atoms with Crippen LogP contribution in [0.25, 0.3) is 10.9 Å². The van der Waals surface area contributed by atoms with Gasteiger partial charge in [0.05, 0.1) is 0 Å². The van der Waals surface area contributed by atoms with Crippen molar-refractivity contribution in [2.75, 3.05) is 33.4 Å². The largest absolute Gasteiger partial charge is 0.385 e. The monoisotopic (exact) mass is 501 g/mol. The first-order valence-corrected chi connectivity index (χ1v) is 12.5. The SMILES string of the molecule is COCCCN(CC(=O)N(CCc1c[nH]c2ccccc12)Cc1ccccc1)C(=O)c1ccc(F)cc1. The van der Waals surface area contributed by atoms with Crippen LogP contribution in [0.3, 0.4) is 0 Å². The van der Waals surface area contributed by atoms with Crippen molar-refractivity contribution in [3.63, 3.8) is 0 Å². The summed E-state index contributed by atoms with van der Waals surface area (Å²) in [6, 6.07) is 23.3. The van der Waals surface area contributed by atoms with Crippen LogP contribution in [-0.2, 0) is 22.5 Å². The number of aromatic amines is 1. The van der Waals surface area contributed by atoms with Gasteiger partial charge in [-0.2, -0.15) is 0 Å². The van der Waals surface area contributed by atoms with Crippen molar-refractivity contribution in [2.24, 2.45) is 0 Å². The lowest BCUT2D eigenvalue weighted by atomic mass is 10.1. The number of nitrogens with zero attached hydrogens (tertiary/aromatic N) is 2. The Labute approximate surface area is 216 Å². The lowest BCUT2D eigenvalue weighted by molar-refractivity contribution is -0.132. The average Bonchev–Trinajstić information content (AvgIpc) is 3.34. The molecular weight excluding hydrogens is 469 g/mol. The number of H-pyrrole nitrogens is 1. The van der Waals surface area contributed by atoms with Crippen molar-refractivity contribution >= 4 is 22.7 Å².